The second kappa shape index (κ2) is 7.44. The topological polar surface area (TPSA) is 99.2 Å². The fraction of sp³-hybridized carbons (Fsp3) is 0.438. The Hall–Kier alpha value is -2.73. The molecule has 1 aliphatic rings. The van der Waals surface area contributed by atoms with Crippen LogP contribution in [0.15, 0.2) is 18.2 Å². The zero-order chi connectivity index (χ0) is 17.8. The fourth-order valence-corrected chi connectivity index (χ4v) is 3.67. The number of nitrogens with zero attached hydrogens (tertiary/aromatic N) is 6. The van der Waals surface area contributed by atoms with E-state index in [4.69, 9.17) is 5.26 Å². The van der Waals surface area contributed by atoms with E-state index in [-0.39, 0.29) is 5.69 Å². The molecule has 2 aromatic rings. The van der Waals surface area contributed by atoms with E-state index >= 15 is 0 Å². The van der Waals surface area contributed by atoms with Crippen molar-refractivity contribution >= 4 is 28.0 Å². The third kappa shape index (κ3) is 3.69. The van der Waals surface area contributed by atoms with Crippen molar-refractivity contribution in [1.29, 1.82) is 5.26 Å². The normalized spacial score (nSPS) is 14.9. The standard InChI is InChI=1S/C16H18N6O2S/c1-2-15-18-16(25-19-15)21-7-3-6-20(8-9-21)13-5-4-12(11-17)10-14(13)22(23)24/h4-5,10H,2-3,6-9H2,1H3. The van der Waals surface area contributed by atoms with Gasteiger partial charge in [-0.05, 0) is 18.6 Å². The lowest BCUT2D eigenvalue weighted by atomic mass is 10.1. The molecule has 0 radical (unpaired) electrons. The molecule has 1 aromatic carbocycles. The summed E-state index contributed by atoms with van der Waals surface area (Å²) in [6, 6.07) is 6.60. The number of anilines is 2. The van der Waals surface area contributed by atoms with Crippen LogP contribution in [0.2, 0.25) is 0 Å². The summed E-state index contributed by atoms with van der Waals surface area (Å²) >= 11 is 1.40. The molecular weight excluding hydrogens is 340 g/mol. The van der Waals surface area contributed by atoms with Crippen LogP contribution in [0.3, 0.4) is 0 Å². The fourth-order valence-electron chi connectivity index (χ4n) is 2.87. The Balaban J connectivity index is 1.79. The van der Waals surface area contributed by atoms with Gasteiger partial charge in [-0.25, -0.2) is 4.98 Å². The van der Waals surface area contributed by atoms with Crippen LogP contribution in [0.25, 0.3) is 0 Å². The Morgan fingerprint density at radius 3 is 2.76 bits per heavy atom. The Morgan fingerprint density at radius 1 is 1.32 bits per heavy atom. The van der Waals surface area contributed by atoms with Crippen LogP contribution in [0.1, 0.15) is 24.7 Å². The second-order valence-electron chi connectivity index (χ2n) is 5.75. The highest BCUT2D eigenvalue weighted by atomic mass is 32.1. The minimum absolute atomic E-state index is 0.0170. The highest BCUT2D eigenvalue weighted by molar-refractivity contribution is 7.09. The van der Waals surface area contributed by atoms with Crippen LogP contribution < -0.4 is 9.80 Å². The summed E-state index contributed by atoms with van der Waals surface area (Å²) in [5.41, 5.74) is 0.849. The summed E-state index contributed by atoms with van der Waals surface area (Å²) in [6.45, 7) is 4.99. The number of rotatable bonds is 4. The monoisotopic (exact) mass is 358 g/mol. The smallest absolute Gasteiger partial charge is 0.293 e. The third-order valence-electron chi connectivity index (χ3n) is 4.18. The van der Waals surface area contributed by atoms with Gasteiger partial charge in [-0.3, -0.25) is 10.1 Å². The van der Waals surface area contributed by atoms with Gasteiger partial charge >= 0.3 is 0 Å². The summed E-state index contributed by atoms with van der Waals surface area (Å²) in [7, 11) is 0. The predicted molar refractivity (Wildman–Crippen MR) is 96.1 cm³/mol. The SMILES string of the molecule is CCc1nsc(N2CCCN(c3ccc(C#N)cc3[N+](=O)[O-])CC2)n1. The van der Waals surface area contributed by atoms with Crippen LogP contribution in [0.4, 0.5) is 16.5 Å². The average molecular weight is 358 g/mol. The van der Waals surface area contributed by atoms with E-state index in [2.05, 4.69) is 14.3 Å². The molecule has 8 nitrogen and oxygen atoms in total. The first-order valence-corrected chi connectivity index (χ1v) is 8.90. The minimum atomic E-state index is -0.420. The number of aryl methyl sites for hydroxylation is 1. The number of nitro groups is 1. The average Bonchev–Trinajstić information content (AvgIpc) is 2.98. The lowest BCUT2D eigenvalue weighted by Crippen LogP contribution is -2.31. The van der Waals surface area contributed by atoms with Crippen molar-refractivity contribution in [3.05, 3.63) is 39.7 Å². The quantitative estimate of drug-likeness (QED) is 0.612. The zero-order valence-corrected chi connectivity index (χ0v) is 14.7. The minimum Gasteiger partial charge on any atom is -0.364 e. The van der Waals surface area contributed by atoms with Crippen molar-refractivity contribution < 1.29 is 4.92 Å². The molecule has 2 heterocycles. The number of nitro benzene ring substituents is 1. The summed E-state index contributed by atoms with van der Waals surface area (Å²) < 4.78 is 4.33. The van der Waals surface area contributed by atoms with Crippen molar-refractivity contribution in [1.82, 2.24) is 9.36 Å². The molecule has 0 spiro atoms. The molecular formula is C16H18N6O2S. The Morgan fingerprint density at radius 2 is 2.08 bits per heavy atom. The van der Waals surface area contributed by atoms with Crippen molar-refractivity contribution in [3.8, 4) is 6.07 Å². The molecule has 25 heavy (non-hydrogen) atoms. The lowest BCUT2D eigenvalue weighted by molar-refractivity contribution is -0.384. The van der Waals surface area contributed by atoms with Crippen molar-refractivity contribution in [2.75, 3.05) is 36.0 Å². The van der Waals surface area contributed by atoms with Crippen LogP contribution >= 0.6 is 11.5 Å². The second-order valence-corrected chi connectivity index (χ2v) is 6.48. The van der Waals surface area contributed by atoms with Crippen molar-refractivity contribution in [2.45, 2.75) is 19.8 Å². The summed E-state index contributed by atoms with van der Waals surface area (Å²) in [4.78, 5) is 19.7. The first kappa shape index (κ1) is 17.1. The van der Waals surface area contributed by atoms with Crippen LogP contribution in [-0.2, 0) is 6.42 Å². The molecule has 1 fully saturated rings. The van der Waals surface area contributed by atoms with Gasteiger partial charge in [0.2, 0.25) is 5.13 Å². The van der Waals surface area contributed by atoms with E-state index in [1.807, 2.05) is 17.9 Å². The molecule has 1 aliphatic heterocycles. The molecule has 0 atom stereocenters. The molecule has 0 unspecified atom stereocenters. The number of benzene rings is 1. The molecule has 0 saturated carbocycles. The van der Waals surface area contributed by atoms with Gasteiger partial charge in [0.05, 0.1) is 16.6 Å². The number of nitriles is 1. The zero-order valence-electron chi connectivity index (χ0n) is 13.9. The molecule has 0 amide bonds. The van der Waals surface area contributed by atoms with Crippen molar-refractivity contribution in [2.24, 2.45) is 0 Å². The van der Waals surface area contributed by atoms with E-state index in [0.717, 1.165) is 43.4 Å². The Kier molecular flexibility index (Phi) is 5.09. The van der Waals surface area contributed by atoms with Crippen LogP contribution in [0.5, 0.6) is 0 Å². The summed E-state index contributed by atoms with van der Waals surface area (Å²) in [5.74, 6) is 0.851. The first-order valence-electron chi connectivity index (χ1n) is 8.13. The highest BCUT2D eigenvalue weighted by Gasteiger charge is 2.24. The van der Waals surface area contributed by atoms with Crippen molar-refractivity contribution in [3.63, 3.8) is 0 Å². The van der Waals surface area contributed by atoms with E-state index in [0.29, 0.717) is 17.8 Å². The maximum absolute atomic E-state index is 11.4. The van der Waals surface area contributed by atoms with Gasteiger partial charge in [0, 0.05) is 50.2 Å². The first-order chi connectivity index (χ1) is 12.1. The molecule has 3 rings (SSSR count). The molecule has 0 bridgehead atoms. The van der Waals surface area contributed by atoms with Gasteiger partial charge in [0.1, 0.15) is 11.5 Å². The van der Waals surface area contributed by atoms with Gasteiger partial charge in [0.25, 0.3) is 5.69 Å². The predicted octanol–water partition coefficient (Wildman–Crippen LogP) is 2.60. The third-order valence-corrected chi connectivity index (χ3v) is 5.00. The molecule has 1 aromatic heterocycles. The van der Waals surface area contributed by atoms with Gasteiger partial charge in [-0.2, -0.15) is 9.64 Å². The van der Waals surface area contributed by atoms with E-state index in [1.54, 1.807) is 12.1 Å². The number of hydrogen-bond donors (Lipinski definition) is 0. The largest absolute Gasteiger partial charge is 0.364 e. The van der Waals surface area contributed by atoms with Gasteiger partial charge in [0.15, 0.2) is 0 Å². The Bertz CT molecular complexity index is 815. The maximum atomic E-state index is 11.4. The number of hydrogen-bond acceptors (Lipinski definition) is 8. The molecule has 1 saturated heterocycles. The number of aromatic nitrogens is 2. The lowest BCUT2D eigenvalue weighted by Gasteiger charge is -2.23. The molecule has 0 aliphatic carbocycles. The highest BCUT2D eigenvalue weighted by Crippen LogP contribution is 2.30. The molecule has 130 valence electrons. The Labute approximate surface area is 149 Å². The van der Waals surface area contributed by atoms with Gasteiger partial charge in [-0.15, -0.1) is 0 Å². The molecule has 9 heteroatoms. The van der Waals surface area contributed by atoms with E-state index < -0.39 is 4.92 Å². The summed E-state index contributed by atoms with van der Waals surface area (Å²) in [5, 5.41) is 21.3. The van der Waals surface area contributed by atoms with E-state index in [9.17, 15) is 10.1 Å². The van der Waals surface area contributed by atoms with Crippen LogP contribution in [0, 0.1) is 21.4 Å². The van der Waals surface area contributed by atoms with Gasteiger partial charge in [-0.1, -0.05) is 6.92 Å². The molecule has 0 N–H and O–H groups in total. The summed E-state index contributed by atoms with van der Waals surface area (Å²) in [6.07, 6.45) is 1.69. The maximum Gasteiger partial charge on any atom is 0.293 e. The van der Waals surface area contributed by atoms with E-state index in [1.165, 1.54) is 17.6 Å². The van der Waals surface area contributed by atoms with Gasteiger partial charge < -0.3 is 9.80 Å². The van der Waals surface area contributed by atoms with Crippen LogP contribution in [-0.4, -0.2) is 40.5 Å².